The first-order chi connectivity index (χ1) is 16.3. The van der Waals surface area contributed by atoms with Crippen LogP contribution in [0.4, 0.5) is 4.39 Å². The van der Waals surface area contributed by atoms with E-state index in [-0.39, 0.29) is 11.9 Å². The minimum Gasteiger partial charge on any atom is -0.328 e. The molecule has 1 aliphatic carbocycles. The molecule has 0 saturated carbocycles. The molecule has 0 spiro atoms. The molecule has 176 valence electrons. The second kappa shape index (κ2) is 11.6. The fourth-order valence-electron chi connectivity index (χ4n) is 3.82. The lowest BCUT2D eigenvalue weighted by Crippen LogP contribution is -2.19. The van der Waals surface area contributed by atoms with E-state index in [4.69, 9.17) is 5.73 Å². The standard InChI is InChI=1S/C29H33FN4/c1-6-8-25(31)14-10-19(3)22(7-2)17-24-13-12-23(11-9-20(24)4)26-18-32-34-29(26)28-16-15-27(30)21(5)33-28/h7,9,11,13,15-18,25H,3-4,6,8,10,14,31H2,1-2,5H3,(H,32,34)/b22-7+,24-17-. The van der Waals surface area contributed by atoms with Gasteiger partial charge < -0.3 is 5.73 Å². The van der Waals surface area contributed by atoms with Crippen molar-refractivity contribution in [3.63, 3.8) is 0 Å². The maximum absolute atomic E-state index is 13.7. The van der Waals surface area contributed by atoms with Crippen molar-refractivity contribution in [2.75, 3.05) is 0 Å². The monoisotopic (exact) mass is 456 g/mol. The molecular weight excluding hydrogens is 423 g/mol. The summed E-state index contributed by atoms with van der Waals surface area (Å²) in [4.78, 5) is 4.35. The zero-order chi connectivity index (χ0) is 24.7. The van der Waals surface area contributed by atoms with E-state index in [0.29, 0.717) is 17.1 Å². The topological polar surface area (TPSA) is 67.6 Å². The minimum absolute atomic E-state index is 0.206. The molecule has 5 heteroatoms. The Balaban J connectivity index is 1.89. The summed E-state index contributed by atoms with van der Waals surface area (Å²) in [5.74, 6) is -0.339. The van der Waals surface area contributed by atoms with Crippen LogP contribution in [0.15, 0.2) is 89.9 Å². The van der Waals surface area contributed by atoms with E-state index in [1.165, 1.54) is 6.07 Å². The van der Waals surface area contributed by atoms with Crippen LogP contribution in [0.1, 0.15) is 50.8 Å². The largest absolute Gasteiger partial charge is 0.328 e. The van der Waals surface area contributed by atoms with E-state index in [1.807, 2.05) is 25.2 Å². The number of pyridine rings is 1. The highest BCUT2D eigenvalue weighted by Gasteiger charge is 2.15. The first-order valence-corrected chi connectivity index (χ1v) is 11.7. The van der Waals surface area contributed by atoms with Crippen molar-refractivity contribution in [1.82, 2.24) is 15.2 Å². The number of rotatable bonds is 9. The van der Waals surface area contributed by atoms with Crippen LogP contribution < -0.4 is 5.73 Å². The van der Waals surface area contributed by atoms with Crippen LogP contribution in [0.5, 0.6) is 0 Å². The number of nitrogens with two attached hydrogens (primary N) is 1. The molecule has 1 unspecified atom stereocenters. The van der Waals surface area contributed by atoms with E-state index < -0.39 is 0 Å². The van der Waals surface area contributed by atoms with E-state index in [1.54, 1.807) is 19.2 Å². The molecule has 0 amide bonds. The van der Waals surface area contributed by atoms with Crippen molar-refractivity contribution in [3.05, 3.63) is 107 Å². The summed E-state index contributed by atoms with van der Waals surface area (Å²) in [6, 6.07) is 3.25. The first-order valence-electron chi connectivity index (χ1n) is 11.7. The third-order valence-corrected chi connectivity index (χ3v) is 5.91. The van der Waals surface area contributed by atoms with Gasteiger partial charge in [-0.25, -0.2) is 9.37 Å². The Hall–Kier alpha value is -3.53. The molecule has 3 N–H and O–H groups in total. The molecule has 0 saturated heterocycles. The molecule has 1 aliphatic rings. The van der Waals surface area contributed by atoms with Crippen LogP contribution in [0.2, 0.25) is 0 Å². The molecule has 0 aliphatic heterocycles. The second-order valence-corrected chi connectivity index (χ2v) is 8.51. The van der Waals surface area contributed by atoms with Crippen molar-refractivity contribution in [1.29, 1.82) is 0 Å². The maximum atomic E-state index is 13.7. The van der Waals surface area contributed by atoms with Gasteiger partial charge in [0.25, 0.3) is 0 Å². The van der Waals surface area contributed by atoms with Gasteiger partial charge in [0, 0.05) is 23.4 Å². The van der Waals surface area contributed by atoms with Gasteiger partial charge >= 0.3 is 0 Å². The first kappa shape index (κ1) is 25.1. The molecule has 2 aromatic heterocycles. The molecule has 0 bridgehead atoms. The summed E-state index contributed by atoms with van der Waals surface area (Å²) in [6.45, 7) is 14.3. The number of allylic oxidation sites excluding steroid dienone is 9. The zero-order valence-electron chi connectivity index (χ0n) is 20.3. The summed E-state index contributed by atoms with van der Waals surface area (Å²) < 4.78 is 13.7. The number of nitrogens with one attached hydrogen (secondary N) is 1. The van der Waals surface area contributed by atoms with Crippen LogP contribution in [0.25, 0.3) is 17.0 Å². The molecule has 4 nitrogen and oxygen atoms in total. The number of aryl methyl sites for hydroxylation is 1. The fraction of sp³-hybridized carbons (Fsp3) is 0.276. The zero-order valence-corrected chi connectivity index (χ0v) is 20.3. The van der Waals surface area contributed by atoms with Gasteiger partial charge in [-0.2, -0.15) is 5.10 Å². The Morgan fingerprint density at radius 1 is 1.29 bits per heavy atom. The predicted octanol–water partition coefficient (Wildman–Crippen LogP) is 6.92. The van der Waals surface area contributed by atoms with Crippen LogP contribution in [-0.4, -0.2) is 21.2 Å². The highest BCUT2D eigenvalue weighted by Crippen LogP contribution is 2.30. The minimum atomic E-state index is -0.339. The SMILES string of the molecule is C=C1C=CC(c2c[nH]nc2-c2ccc(F)c(C)n2)=C=C/C1=C/C(=C\C)C(=C)CCC(N)CCC. The summed E-state index contributed by atoms with van der Waals surface area (Å²) in [5, 5.41) is 7.25. The van der Waals surface area contributed by atoms with Gasteiger partial charge in [0.05, 0.1) is 11.4 Å². The number of aromatic amines is 1. The van der Waals surface area contributed by atoms with Gasteiger partial charge in [0.15, 0.2) is 0 Å². The normalized spacial score (nSPS) is 16.0. The lowest BCUT2D eigenvalue weighted by atomic mass is 9.95. The van der Waals surface area contributed by atoms with Gasteiger partial charge in [-0.1, -0.05) is 38.7 Å². The number of H-pyrrole nitrogens is 1. The van der Waals surface area contributed by atoms with Crippen LogP contribution in [0, 0.1) is 12.7 Å². The Morgan fingerprint density at radius 2 is 2.09 bits per heavy atom. The molecule has 34 heavy (non-hydrogen) atoms. The van der Waals surface area contributed by atoms with Crippen molar-refractivity contribution >= 4 is 5.57 Å². The smallest absolute Gasteiger partial charge is 0.144 e. The Bertz CT molecular complexity index is 1230. The molecular formula is C29H33FN4. The van der Waals surface area contributed by atoms with Crippen LogP contribution in [-0.2, 0) is 0 Å². The van der Waals surface area contributed by atoms with Gasteiger partial charge in [-0.15, -0.1) is 5.73 Å². The van der Waals surface area contributed by atoms with E-state index in [9.17, 15) is 4.39 Å². The summed E-state index contributed by atoms with van der Waals surface area (Å²) >= 11 is 0. The molecule has 3 rings (SSSR count). The van der Waals surface area contributed by atoms with E-state index >= 15 is 0 Å². The fourth-order valence-corrected chi connectivity index (χ4v) is 3.82. The maximum Gasteiger partial charge on any atom is 0.144 e. The number of hydrogen-bond donors (Lipinski definition) is 2. The summed E-state index contributed by atoms with van der Waals surface area (Å²) in [6.07, 6.45) is 15.7. The number of hydrogen-bond acceptors (Lipinski definition) is 3. The van der Waals surface area contributed by atoms with Crippen LogP contribution >= 0.6 is 0 Å². The third-order valence-electron chi connectivity index (χ3n) is 5.91. The average Bonchev–Trinajstić information content (AvgIpc) is 3.23. The Labute approximate surface area is 201 Å². The highest BCUT2D eigenvalue weighted by atomic mass is 19.1. The number of halogens is 1. The Morgan fingerprint density at radius 3 is 2.79 bits per heavy atom. The van der Waals surface area contributed by atoms with Crippen molar-refractivity contribution in [2.24, 2.45) is 5.73 Å². The lowest BCUT2D eigenvalue weighted by molar-refractivity contribution is 0.561. The van der Waals surface area contributed by atoms with Gasteiger partial charge in [0.1, 0.15) is 11.5 Å². The molecule has 2 heterocycles. The highest BCUT2D eigenvalue weighted by molar-refractivity contribution is 5.83. The third kappa shape index (κ3) is 6.07. The number of nitrogens with zero attached hydrogens (tertiary/aromatic N) is 2. The van der Waals surface area contributed by atoms with Crippen LogP contribution in [0.3, 0.4) is 0 Å². The number of aromatic nitrogens is 3. The molecule has 0 fully saturated rings. The Kier molecular flexibility index (Phi) is 8.53. The van der Waals surface area contributed by atoms with Gasteiger partial charge in [-0.05, 0) is 85.8 Å². The lowest BCUT2D eigenvalue weighted by Gasteiger charge is -2.13. The predicted molar refractivity (Wildman–Crippen MR) is 139 cm³/mol. The molecule has 2 aromatic rings. The quantitative estimate of drug-likeness (QED) is 0.318. The van der Waals surface area contributed by atoms with E-state index in [0.717, 1.165) is 59.1 Å². The van der Waals surface area contributed by atoms with Crippen molar-refractivity contribution in [3.8, 4) is 11.4 Å². The second-order valence-electron chi connectivity index (χ2n) is 8.51. The van der Waals surface area contributed by atoms with E-state index in [2.05, 4.69) is 53.1 Å². The summed E-state index contributed by atoms with van der Waals surface area (Å²) in [5.41, 5.74) is 16.8. The van der Waals surface area contributed by atoms with Gasteiger partial charge in [-0.3, -0.25) is 5.10 Å². The molecule has 0 aromatic carbocycles. The van der Waals surface area contributed by atoms with Crippen molar-refractivity contribution < 1.29 is 4.39 Å². The summed E-state index contributed by atoms with van der Waals surface area (Å²) in [7, 11) is 0. The molecule has 1 atom stereocenters. The molecule has 0 radical (unpaired) electrons. The average molecular weight is 457 g/mol. The van der Waals surface area contributed by atoms with Gasteiger partial charge in [0.2, 0.25) is 0 Å². The van der Waals surface area contributed by atoms with Crippen molar-refractivity contribution in [2.45, 2.75) is 52.5 Å².